The van der Waals surface area contributed by atoms with Gasteiger partial charge in [-0.15, -0.1) is 0 Å². The van der Waals surface area contributed by atoms with Crippen LogP contribution >= 0.6 is 0 Å². The molecular formula is C24H30N2O6S. The molecule has 0 unspecified atom stereocenters. The van der Waals surface area contributed by atoms with Crippen LogP contribution in [0.5, 0.6) is 5.75 Å². The number of hydrogen-bond acceptors (Lipinski definition) is 6. The number of ether oxygens (including phenoxy) is 2. The number of hydrogen-bond donors (Lipinski definition) is 0. The van der Waals surface area contributed by atoms with Crippen LogP contribution in [0.15, 0.2) is 53.4 Å². The average molecular weight is 475 g/mol. The van der Waals surface area contributed by atoms with Crippen LogP contribution in [0.25, 0.3) is 0 Å². The minimum Gasteiger partial charge on any atom is -0.497 e. The zero-order valence-electron chi connectivity index (χ0n) is 19.4. The van der Waals surface area contributed by atoms with Crippen LogP contribution in [0, 0.1) is 11.8 Å². The Bertz CT molecular complexity index is 1090. The molecule has 2 atom stereocenters. The Balaban J connectivity index is 1.68. The van der Waals surface area contributed by atoms with Gasteiger partial charge in [-0.2, -0.15) is 0 Å². The second-order valence-electron chi connectivity index (χ2n) is 8.52. The molecule has 1 amide bonds. The van der Waals surface area contributed by atoms with Crippen molar-refractivity contribution in [3.05, 3.63) is 54.1 Å². The maximum absolute atomic E-state index is 13.1. The van der Waals surface area contributed by atoms with E-state index < -0.39 is 16.0 Å². The van der Waals surface area contributed by atoms with Crippen LogP contribution in [-0.4, -0.2) is 59.0 Å². The molecule has 1 fully saturated rings. The third kappa shape index (κ3) is 5.84. The van der Waals surface area contributed by atoms with E-state index in [1.165, 1.54) is 38.4 Å². The summed E-state index contributed by atoms with van der Waals surface area (Å²) in [6.45, 7) is 5.10. The molecule has 2 aromatic carbocycles. The molecule has 33 heavy (non-hydrogen) atoms. The largest absolute Gasteiger partial charge is 0.497 e. The number of piperidine rings is 1. The maximum atomic E-state index is 13.1. The number of sulfonamides is 1. The second kappa shape index (κ2) is 10.2. The first kappa shape index (κ1) is 24.6. The van der Waals surface area contributed by atoms with E-state index in [9.17, 15) is 18.0 Å². The monoisotopic (exact) mass is 474 g/mol. The molecule has 1 aliphatic rings. The number of anilines is 1. The van der Waals surface area contributed by atoms with E-state index in [4.69, 9.17) is 9.47 Å². The number of methoxy groups -OCH3 is 1. The summed E-state index contributed by atoms with van der Waals surface area (Å²) < 4.78 is 37.6. The number of rotatable bonds is 7. The summed E-state index contributed by atoms with van der Waals surface area (Å²) in [5.74, 6) is 0.420. The van der Waals surface area contributed by atoms with E-state index in [0.717, 1.165) is 10.7 Å². The lowest BCUT2D eigenvalue weighted by molar-refractivity contribution is -0.137. The highest BCUT2D eigenvalue weighted by Crippen LogP contribution is 2.25. The molecule has 0 radical (unpaired) electrons. The van der Waals surface area contributed by atoms with Crippen molar-refractivity contribution in [2.24, 2.45) is 11.8 Å². The summed E-state index contributed by atoms with van der Waals surface area (Å²) in [4.78, 5) is 26.7. The predicted molar refractivity (Wildman–Crippen MR) is 125 cm³/mol. The molecule has 0 N–H and O–H groups in total. The maximum Gasteiger partial charge on any atom is 0.338 e. The molecule has 1 aliphatic heterocycles. The SMILES string of the molecule is COc1ccc(N(C)S(=O)(=O)c2cccc(C(=O)OCC(=O)N3C[C@@H](C)C[C@H](C)C3)c2)cc1. The van der Waals surface area contributed by atoms with Gasteiger partial charge in [-0.05, 0) is 60.7 Å². The van der Waals surface area contributed by atoms with E-state index in [-0.39, 0.29) is 23.0 Å². The lowest BCUT2D eigenvalue weighted by Gasteiger charge is -2.34. The fourth-order valence-corrected chi connectivity index (χ4v) is 5.28. The number of nitrogens with zero attached hydrogens (tertiary/aromatic N) is 2. The van der Waals surface area contributed by atoms with Crippen LogP contribution in [0.3, 0.4) is 0 Å². The zero-order chi connectivity index (χ0) is 24.2. The predicted octanol–water partition coefficient (Wildman–Crippen LogP) is 3.18. The van der Waals surface area contributed by atoms with Crippen LogP contribution in [0.1, 0.15) is 30.6 Å². The molecule has 0 aromatic heterocycles. The smallest absolute Gasteiger partial charge is 0.338 e. The highest BCUT2D eigenvalue weighted by atomic mass is 32.2. The van der Waals surface area contributed by atoms with Gasteiger partial charge in [-0.1, -0.05) is 19.9 Å². The van der Waals surface area contributed by atoms with Gasteiger partial charge in [0.15, 0.2) is 6.61 Å². The second-order valence-corrected chi connectivity index (χ2v) is 10.5. The van der Waals surface area contributed by atoms with Crippen LogP contribution in [0.4, 0.5) is 5.69 Å². The summed E-state index contributed by atoms with van der Waals surface area (Å²) in [7, 11) is -0.958. The van der Waals surface area contributed by atoms with Crippen molar-refractivity contribution >= 4 is 27.6 Å². The van der Waals surface area contributed by atoms with E-state index >= 15 is 0 Å². The Kier molecular flexibility index (Phi) is 7.63. The molecule has 178 valence electrons. The molecule has 0 spiro atoms. The number of likely N-dealkylation sites (tertiary alicyclic amines) is 1. The summed E-state index contributed by atoms with van der Waals surface area (Å²) in [6.07, 6.45) is 1.07. The quantitative estimate of drug-likeness (QED) is 0.572. The first-order chi connectivity index (χ1) is 15.6. The lowest BCUT2D eigenvalue weighted by atomic mass is 9.92. The van der Waals surface area contributed by atoms with Crippen molar-refractivity contribution in [1.29, 1.82) is 0 Å². The first-order valence-corrected chi connectivity index (χ1v) is 12.2. The van der Waals surface area contributed by atoms with Crippen molar-refractivity contribution < 1.29 is 27.5 Å². The molecule has 0 bridgehead atoms. The zero-order valence-corrected chi connectivity index (χ0v) is 20.2. The number of carbonyl (C=O) groups excluding carboxylic acids is 2. The van der Waals surface area contributed by atoms with Gasteiger partial charge in [0.2, 0.25) is 0 Å². The van der Waals surface area contributed by atoms with Gasteiger partial charge >= 0.3 is 5.97 Å². The third-order valence-electron chi connectivity index (χ3n) is 5.71. The fourth-order valence-electron chi connectivity index (χ4n) is 4.04. The minimum absolute atomic E-state index is 0.0553. The standard InChI is InChI=1S/C24H30N2O6S/c1-17-12-18(2)15-26(14-17)23(27)16-32-24(28)19-6-5-7-22(13-19)33(29,30)25(3)20-8-10-21(31-4)11-9-20/h5-11,13,17-18H,12,14-16H2,1-4H3/t17-,18-/m0/s1. The van der Waals surface area contributed by atoms with E-state index in [2.05, 4.69) is 13.8 Å². The Labute approximate surface area is 195 Å². The lowest BCUT2D eigenvalue weighted by Crippen LogP contribution is -2.44. The first-order valence-electron chi connectivity index (χ1n) is 10.8. The molecule has 0 saturated carbocycles. The molecular weight excluding hydrogens is 444 g/mol. The minimum atomic E-state index is -3.92. The molecule has 9 heteroatoms. The Hall–Kier alpha value is -3.07. The molecule has 2 aromatic rings. The van der Waals surface area contributed by atoms with Crippen LogP contribution in [-0.2, 0) is 19.6 Å². The average Bonchev–Trinajstić information content (AvgIpc) is 2.81. The van der Waals surface area contributed by atoms with Gasteiger partial charge in [-0.3, -0.25) is 9.10 Å². The number of amides is 1. The van der Waals surface area contributed by atoms with Gasteiger partial charge in [0.25, 0.3) is 15.9 Å². The van der Waals surface area contributed by atoms with Crippen molar-refractivity contribution in [2.45, 2.75) is 25.2 Å². The third-order valence-corrected chi connectivity index (χ3v) is 7.49. The van der Waals surface area contributed by atoms with Crippen LogP contribution < -0.4 is 9.04 Å². The Morgan fingerprint density at radius 1 is 1.06 bits per heavy atom. The highest BCUT2D eigenvalue weighted by Gasteiger charge is 2.27. The highest BCUT2D eigenvalue weighted by molar-refractivity contribution is 7.92. The van der Waals surface area contributed by atoms with Crippen molar-refractivity contribution in [2.75, 3.05) is 38.2 Å². The normalized spacial score (nSPS) is 18.5. The number of carbonyl (C=O) groups is 2. The molecule has 1 heterocycles. The van der Waals surface area contributed by atoms with Gasteiger partial charge in [-0.25, -0.2) is 13.2 Å². The number of esters is 1. The Morgan fingerprint density at radius 3 is 2.30 bits per heavy atom. The summed E-state index contributed by atoms with van der Waals surface area (Å²) in [6, 6.07) is 12.2. The summed E-state index contributed by atoms with van der Waals surface area (Å²) in [5.41, 5.74) is 0.506. The van der Waals surface area contributed by atoms with Gasteiger partial charge < -0.3 is 14.4 Å². The van der Waals surface area contributed by atoms with Crippen molar-refractivity contribution in [1.82, 2.24) is 4.90 Å². The van der Waals surface area contributed by atoms with Crippen molar-refractivity contribution in [3.8, 4) is 5.75 Å². The van der Waals surface area contributed by atoms with Gasteiger partial charge in [0.1, 0.15) is 5.75 Å². The van der Waals surface area contributed by atoms with Crippen molar-refractivity contribution in [3.63, 3.8) is 0 Å². The molecule has 8 nitrogen and oxygen atoms in total. The van der Waals surface area contributed by atoms with E-state index in [1.54, 1.807) is 29.2 Å². The molecule has 0 aliphatic carbocycles. The topological polar surface area (TPSA) is 93.2 Å². The van der Waals surface area contributed by atoms with E-state index in [1.807, 2.05) is 0 Å². The molecule has 1 saturated heterocycles. The number of benzene rings is 2. The van der Waals surface area contributed by atoms with Gasteiger partial charge in [0.05, 0.1) is 23.3 Å². The van der Waals surface area contributed by atoms with Gasteiger partial charge in [0, 0.05) is 20.1 Å². The summed E-state index contributed by atoms with van der Waals surface area (Å²) >= 11 is 0. The Morgan fingerprint density at radius 2 is 1.70 bits per heavy atom. The summed E-state index contributed by atoms with van der Waals surface area (Å²) in [5, 5.41) is 0. The molecule has 3 rings (SSSR count). The van der Waals surface area contributed by atoms with Crippen LogP contribution in [0.2, 0.25) is 0 Å². The fraction of sp³-hybridized carbons (Fsp3) is 0.417. The van der Waals surface area contributed by atoms with E-state index in [0.29, 0.717) is 36.4 Å².